The van der Waals surface area contributed by atoms with Gasteiger partial charge in [-0.3, -0.25) is 4.79 Å². The van der Waals surface area contributed by atoms with Crippen molar-refractivity contribution in [3.05, 3.63) is 36.5 Å². The molecule has 0 aromatic carbocycles. The first kappa shape index (κ1) is 44.6. The van der Waals surface area contributed by atoms with Gasteiger partial charge in [0.2, 0.25) is 5.91 Å². The lowest BCUT2D eigenvalue weighted by Gasteiger charge is -2.26. The Morgan fingerprint density at radius 2 is 0.913 bits per heavy atom. The molecular weight excluding hydrogens is 570 g/mol. The highest BCUT2D eigenvalue weighted by Crippen LogP contribution is 2.14. The molecule has 3 unspecified atom stereocenters. The van der Waals surface area contributed by atoms with Crippen LogP contribution >= 0.6 is 0 Å². The van der Waals surface area contributed by atoms with Gasteiger partial charge in [-0.25, -0.2) is 0 Å². The standard InChI is InChI=1S/C41H77NO4/c1-3-5-7-9-11-13-15-16-17-18-19-20-21-22-23-24-26-28-30-32-34-36-40(45)42-38(37-43)41(46)39(44)35-33-31-29-27-25-14-12-10-8-6-4-2/h10,12,20-21,27,29,38-39,41,43-44,46H,3-9,11,13-19,22-26,28,30-37H2,1-2H3,(H,42,45)/b12-10+,21-20-,29-27+. The minimum absolute atomic E-state index is 0.165. The van der Waals surface area contributed by atoms with Gasteiger partial charge in [0, 0.05) is 6.42 Å². The van der Waals surface area contributed by atoms with Gasteiger partial charge < -0.3 is 20.6 Å². The molecule has 0 aliphatic rings. The lowest BCUT2D eigenvalue weighted by Crippen LogP contribution is -2.50. The van der Waals surface area contributed by atoms with Crippen molar-refractivity contribution in [3.8, 4) is 0 Å². The third-order valence-corrected chi connectivity index (χ3v) is 8.94. The minimum Gasteiger partial charge on any atom is -0.394 e. The molecule has 0 heterocycles. The smallest absolute Gasteiger partial charge is 0.220 e. The van der Waals surface area contributed by atoms with Gasteiger partial charge in [-0.1, -0.05) is 153 Å². The first-order valence-corrected chi connectivity index (χ1v) is 19.8. The Morgan fingerprint density at radius 3 is 1.39 bits per heavy atom. The monoisotopic (exact) mass is 648 g/mol. The molecule has 0 rings (SSSR count). The molecule has 3 atom stereocenters. The van der Waals surface area contributed by atoms with Crippen LogP contribution in [0.3, 0.4) is 0 Å². The van der Waals surface area contributed by atoms with Gasteiger partial charge >= 0.3 is 0 Å². The fraction of sp³-hybridized carbons (Fsp3) is 0.829. The second-order valence-corrected chi connectivity index (χ2v) is 13.5. The van der Waals surface area contributed by atoms with E-state index in [0.717, 1.165) is 51.4 Å². The van der Waals surface area contributed by atoms with Crippen LogP contribution in [-0.4, -0.2) is 46.1 Å². The summed E-state index contributed by atoms with van der Waals surface area (Å²) in [6.07, 6.45) is 43.9. The Bertz CT molecular complexity index is 719. The molecule has 0 saturated carbocycles. The molecule has 5 heteroatoms. The van der Waals surface area contributed by atoms with Crippen molar-refractivity contribution in [2.75, 3.05) is 6.61 Å². The van der Waals surface area contributed by atoms with E-state index in [9.17, 15) is 20.1 Å². The molecule has 0 aromatic heterocycles. The third kappa shape index (κ3) is 31.2. The first-order valence-electron chi connectivity index (χ1n) is 19.8. The molecule has 0 aliphatic carbocycles. The van der Waals surface area contributed by atoms with Crippen LogP contribution in [0.25, 0.3) is 0 Å². The quantitative estimate of drug-likeness (QED) is 0.0407. The van der Waals surface area contributed by atoms with Crippen molar-refractivity contribution in [2.45, 2.75) is 212 Å². The number of allylic oxidation sites excluding steroid dienone is 6. The zero-order valence-electron chi connectivity index (χ0n) is 30.5. The molecule has 46 heavy (non-hydrogen) atoms. The molecule has 1 amide bonds. The summed E-state index contributed by atoms with van der Waals surface area (Å²) in [5.74, 6) is -0.165. The van der Waals surface area contributed by atoms with Gasteiger partial charge in [0.15, 0.2) is 0 Å². The first-order chi connectivity index (χ1) is 22.6. The predicted octanol–water partition coefficient (Wildman–Crippen LogP) is 10.8. The number of nitrogens with one attached hydrogen (secondary N) is 1. The van der Waals surface area contributed by atoms with Gasteiger partial charge in [0.1, 0.15) is 6.10 Å². The zero-order valence-corrected chi connectivity index (χ0v) is 30.5. The van der Waals surface area contributed by atoms with E-state index in [1.54, 1.807) is 0 Å². The lowest BCUT2D eigenvalue weighted by molar-refractivity contribution is -0.124. The number of rotatable bonds is 35. The molecule has 0 aromatic rings. The molecule has 0 aliphatic heterocycles. The minimum atomic E-state index is -1.17. The second kappa shape index (κ2) is 36.4. The molecule has 0 saturated heterocycles. The van der Waals surface area contributed by atoms with Gasteiger partial charge in [-0.2, -0.15) is 0 Å². The third-order valence-electron chi connectivity index (χ3n) is 8.94. The fourth-order valence-corrected chi connectivity index (χ4v) is 5.80. The van der Waals surface area contributed by atoms with Crippen molar-refractivity contribution in [2.24, 2.45) is 0 Å². The predicted molar refractivity (Wildman–Crippen MR) is 199 cm³/mol. The van der Waals surface area contributed by atoms with Crippen molar-refractivity contribution in [1.82, 2.24) is 5.32 Å². The molecule has 5 nitrogen and oxygen atoms in total. The molecule has 0 spiro atoms. The molecule has 0 radical (unpaired) electrons. The van der Waals surface area contributed by atoms with Crippen LogP contribution in [0.4, 0.5) is 0 Å². The number of hydrogen-bond donors (Lipinski definition) is 4. The SMILES string of the molecule is CCCC/C=C/CC/C=C/CCCC(O)C(O)C(CO)NC(=O)CCCCCCCCC/C=C\CCCCCCCCCCCC. The average Bonchev–Trinajstić information content (AvgIpc) is 3.06. The number of carbonyl (C=O) groups is 1. The summed E-state index contributed by atoms with van der Waals surface area (Å²) in [6.45, 7) is 4.10. The molecule has 270 valence electrons. The lowest BCUT2D eigenvalue weighted by atomic mass is 10.0. The Balaban J connectivity index is 3.68. The Labute approximate surface area is 285 Å². The second-order valence-electron chi connectivity index (χ2n) is 13.5. The van der Waals surface area contributed by atoms with E-state index in [1.165, 1.54) is 116 Å². The van der Waals surface area contributed by atoms with Gasteiger partial charge in [0.05, 0.1) is 18.8 Å². The van der Waals surface area contributed by atoms with E-state index < -0.39 is 18.2 Å². The number of hydrogen-bond acceptors (Lipinski definition) is 4. The molecule has 0 fully saturated rings. The van der Waals surface area contributed by atoms with Crippen molar-refractivity contribution < 1.29 is 20.1 Å². The molecular formula is C41H77NO4. The summed E-state index contributed by atoms with van der Waals surface area (Å²) >= 11 is 0. The summed E-state index contributed by atoms with van der Waals surface area (Å²) in [5.41, 5.74) is 0. The van der Waals surface area contributed by atoms with Crippen LogP contribution < -0.4 is 5.32 Å². The normalized spacial score (nSPS) is 14.1. The van der Waals surface area contributed by atoms with E-state index in [0.29, 0.717) is 12.8 Å². The Hall–Kier alpha value is -1.43. The highest BCUT2D eigenvalue weighted by atomic mass is 16.3. The summed E-state index contributed by atoms with van der Waals surface area (Å²) in [4.78, 5) is 12.4. The van der Waals surface area contributed by atoms with Crippen LogP contribution in [0.2, 0.25) is 0 Å². The average molecular weight is 648 g/mol. The summed E-state index contributed by atoms with van der Waals surface area (Å²) < 4.78 is 0. The number of carbonyl (C=O) groups excluding carboxylic acids is 1. The van der Waals surface area contributed by atoms with Crippen LogP contribution in [0.1, 0.15) is 194 Å². The fourth-order valence-electron chi connectivity index (χ4n) is 5.80. The van der Waals surface area contributed by atoms with Gasteiger partial charge in [-0.15, -0.1) is 0 Å². The van der Waals surface area contributed by atoms with Crippen molar-refractivity contribution >= 4 is 5.91 Å². The van der Waals surface area contributed by atoms with E-state index in [4.69, 9.17) is 0 Å². The number of unbranched alkanes of at least 4 members (excludes halogenated alkanes) is 21. The summed E-state index contributed by atoms with van der Waals surface area (Å²) in [5, 5.41) is 33.3. The maximum atomic E-state index is 12.4. The number of aliphatic hydroxyl groups excluding tert-OH is 3. The van der Waals surface area contributed by atoms with Crippen LogP contribution in [0.15, 0.2) is 36.5 Å². The topological polar surface area (TPSA) is 89.8 Å². The Kier molecular flexibility index (Phi) is 35.3. The maximum Gasteiger partial charge on any atom is 0.220 e. The number of amides is 1. The van der Waals surface area contributed by atoms with Crippen LogP contribution in [-0.2, 0) is 4.79 Å². The van der Waals surface area contributed by atoms with E-state index in [2.05, 4.69) is 55.6 Å². The largest absolute Gasteiger partial charge is 0.394 e. The van der Waals surface area contributed by atoms with E-state index >= 15 is 0 Å². The Morgan fingerprint density at radius 1 is 0.522 bits per heavy atom. The van der Waals surface area contributed by atoms with Crippen molar-refractivity contribution in [3.63, 3.8) is 0 Å². The molecule has 4 N–H and O–H groups in total. The maximum absolute atomic E-state index is 12.4. The highest BCUT2D eigenvalue weighted by Gasteiger charge is 2.26. The summed E-state index contributed by atoms with van der Waals surface area (Å²) in [6, 6.07) is -0.832. The van der Waals surface area contributed by atoms with Crippen LogP contribution in [0.5, 0.6) is 0 Å². The van der Waals surface area contributed by atoms with Gasteiger partial charge in [0.25, 0.3) is 0 Å². The summed E-state index contributed by atoms with van der Waals surface area (Å²) in [7, 11) is 0. The number of aliphatic hydroxyl groups is 3. The molecule has 0 bridgehead atoms. The van der Waals surface area contributed by atoms with E-state index in [1.807, 2.05) is 0 Å². The van der Waals surface area contributed by atoms with Crippen molar-refractivity contribution in [1.29, 1.82) is 0 Å². The van der Waals surface area contributed by atoms with Crippen LogP contribution in [0, 0.1) is 0 Å². The zero-order chi connectivity index (χ0) is 33.8. The van der Waals surface area contributed by atoms with E-state index in [-0.39, 0.29) is 12.5 Å². The van der Waals surface area contributed by atoms with Gasteiger partial charge in [-0.05, 0) is 70.6 Å². The highest BCUT2D eigenvalue weighted by molar-refractivity contribution is 5.76.